The molecule has 1 amide bonds. The van der Waals surface area contributed by atoms with E-state index in [2.05, 4.69) is 28.2 Å². The number of nitrogens with one attached hydrogen (secondary N) is 1. The molecule has 0 aliphatic heterocycles. The van der Waals surface area contributed by atoms with Crippen molar-refractivity contribution in [3.05, 3.63) is 57.6 Å². The summed E-state index contributed by atoms with van der Waals surface area (Å²) >= 11 is 3.54. The van der Waals surface area contributed by atoms with E-state index in [0.29, 0.717) is 36.0 Å². The molecule has 0 fully saturated rings. The fraction of sp³-hybridized carbons (Fsp3) is 0.360. The van der Waals surface area contributed by atoms with Crippen LogP contribution in [0.1, 0.15) is 50.7 Å². The monoisotopic (exact) mass is 484 g/mol. The van der Waals surface area contributed by atoms with Crippen molar-refractivity contribution in [3.8, 4) is 17.6 Å². The van der Waals surface area contributed by atoms with E-state index in [1.807, 2.05) is 38.1 Å². The lowest BCUT2D eigenvalue weighted by atomic mass is 10.1. The molecular weight excluding hydrogens is 456 g/mol. The van der Waals surface area contributed by atoms with Crippen molar-refractivity contribution in [2.45, 2.75) is 46.5 Å². The molecule has 6 heteroatoms. The number of benzene rings is 2. The van der Waals surface area contributed by atoms with Crippen molar-refractivity contribution in [2.24, 2.45) is 0 Å². The lowest BCUT2D eigenvalue weighted by molar-refractivity contribution is -0.112. The van der Waals surface area contributed by atoms with Crippen LogP contribution in [0.3, 0.4) is 0 Å². The zero-order chi connectivity index (χ0) is 22.6. The third-order valence-corrected chi connectivity index (χ3v) is 5.15. The van der Waals surface area contributed by atoms with E-state index in [1.54, 1.807) is 24.3 Å². The second-order valence-electron chi connectivity index (χ2n) is 7.16. The standard InChI is InChI=1S/C25H29BrN2O3/c1-4-6-7-8-13-31-24-22(26)15-19(16-23(24)30-5-2)14-20(17-27)25(29)28-21-11-9-18(3)10-12-21/h9-12,14-16H,4-8,13H2,1-3H3,(H,28,29)/b20-14-. The van der Waals surface area contributed by atoms with Gasteiger partial charge in [0.1, 0.15) is 11.6 Å². The molecule has 1 N–H and O–H groups in total. The smallest absolute Gasteiger partial charge is 0.266 e. The number of amides is 1. The van der Waals surface area contributed by atoms with Crippen LogP contribution in [0, 0.1) is 18.3 Å². The van der Waals surface area contributed by atoms with Crippen molar-refractivity contribution in [3.63, 3.8) is 0 Å². The molecular formula is C25H29BrN2O3. The van der Waals surface area contributed by atoms with Gasteiger partial charge in [-0.15, -0.1) is 0 Å². The molecule has 0 aliphatic carbocycles. The Kier molecular flexibility index (Phi) is 10.1. The molecule has 31 heavy (non-hydrogen) atoms. The van der Waals surface area contributed by atoms with Crippen LogP contribution in [0.25, 0.3) is 6.08 Å². The summed E-state index contributed by atoms with van der Waals surface area (Å²) in [7, 11) is 0. The molecule has 2 aromatic carbocycles. The predicted molar refractivity (Wildman–Crippen MR) is 128 cm³/mol. The minimum atomic E-state index is -0.461. The Morgan fingerprint density at radius 3 is 2.52 bits per heavy atom. The SMILES string of the molecule is CCCCCCOc1c(Br)cc(/C=C(/C#N)C(=O)Nc2ccc(C)cc2)cc1OCC. The fourth-order valence-electron chi connectivity index (χ4n) is 2.93. The Bertz CT molecular complexity index is 946. The molecule has 0 aliphatic rings. The number of unbranched alkanes of at least 4 members (excludes halogenated alkanes) is 3. The Balaban J connectivity index is 2.20. The third-order valence-electron chi connectivity index (χ3n) is 4.56. The van der Waals surface area contributed by atoms with E-state index in [9.17, 15) is 10.1 Å². The Hall–Kier alpha value is -2.78. The summed E-state index contributed by atoms with van der Waals surface area (Å²) < 4.78 is 12.4. The van der Waals surface area contributed by atoms with Crippen LogP contribution in [0.5, 0.6) is 11.5 Å². The van der Waals surface area contributed by atoms with E-state index in [4.69, 9.17) is 9.47 Å². The number of nitrogens with zero attached hydrogens (tertiary/aromatic N) is 1. The van der Waals surface area contributed by atoms with E-state index in [-0.39, 0.29) is 5.57 Å². The van der Waals surface area contributed by atoms with Crippen LogP contribution < -0.4 is 14.8 Å². The average molecular weight is 485 g/mol. The number of hydrogen-bond acceptors (Lipinski definition) is 4. The van der Waals surface area contributed by atoms with Crippen LogP contribution in [0.15, 0.2) is 46.4 Å². The first-order chi connectivity index (χ1) is 15.0. The van der Waals surface area contributed by atoms with Gasteiger partial charge in [-0.3, -0.25) is 4.79 Å². The van der Waals surface area contributed by atoms with Gasteiger partial charge < -0.3 is 14.8 Å². The van der Waals surface area contributed by atoms with Crippen molar-refractivity contribution in [2.75, 3.05) is 18.5 Å². The minimum Gasteiger partial charge on any atom is -0.490 e. The zero-order valence-corrected chi connectivity index (χ0v) is 19.9. The lowest BCUT2D eigenvalue weighted by Crippen LogP contribution is -2.13. The first kappa shape index (κ1) is 24.5. The minimum absolute atomic E-state index is 0.00292. The summed E-state index contributed by atoms with van der Waals surface area (Å²) in [5, 5.41) is 12.3. The molecule has 2 aromatic rings. The number of carbonyl (C=O) groups excluding carboxylic acids is 1. The number of rotatable bonds is 11. The highest BCUT2D eigenvalue weighted by atomic mass is 79.9. The van der Waals surface area contributed by atoms with Crippen LogP contribution in [-0.2, 0) is 4.79 Å². The van der Waals surface area contributed by atoms with Gasteiger partial charge in [-0.05, 0) is 72.1 Å². The predicted octanol–water partition coefficient (Wildman–Crippen LogP) is 6.66. The molecule has 0 heterocycles. The maximum Gasteiger partial charge on any atom is 0.266 e. The Labute approximate surface area is 193 Å². The molecule has 0 aromatic heterocycles. The maximum atomic E-state index is 12.6. The van der Waals surface area contributed by atoms with Gasteiger partial charge in [-0.1, -0.05) is 43.9 Å². The molecule has 0 saturated heterocycles. The number of aryl methyl sites for hydroxylation is 1. The van der Waals surface area contributed by atoms with Crippen molar-refractivity contribution in [1.82, 2.24) is 0 Å². The van der Waals surface area contributed by atoms with Gasteiger partial charge in [0.2, 0.25) is 0 Å². The van der Waals surface area contributed by atoms with E-state index < -0.39 is 5.91 Å². The lowest BCUT2D eigenvalue weighted by Gasteiger charge is -2.15. The number of carbonyl (C=O) groups is 1. The first-order valence-corrected chi connectivity index (χ1v) is 11.4. The van der Waals surface area contributed by atoms with Gasteiger partial charge in [-0.2, -0.15) is 5.26 Å². The number of halogens is 1. The van der Waals surface area contributed by atoms with Crippen molar-refractivity contribution in [1.29, 1.82) is 5.26 Å². The molecule has 0 bridgehead atoms. The van der Waals surface area contributed by atoms with E-state index in [1.165, 1.54) is 12.8 Å². The van der Waals surface area contributed by atoms with Gasteiger partial charge in [0.25, 0.3) is 5.91 Å². The number of nitriles is 1. The second kappa shape index (κ2) is 12.8. The fourth-order valence-corrected chi connectivity index (χ4v) is 3.50. The summed E-state index contributed by atoms with van der Waals surface area (Å²) in [6.07, 6.45) is 6.01. The Morgan fingerprint density at radius 2 is 1.87 bits per heavy atom. The average Bonchev–Trinajstić information content (AvgIpc) is 2.75. The summed E-state index contributed by atoms with van der Waals surface area (Å²) in [6.45, 7) is 7.13. The van der Waals surface area contributed by atoms with Gasteiger partial charge >= 0.3 is 0 Å². The highest BCUT2D eigenvalue weighted by Gasteiger charge is 2.14. The van der Waals surface area contributed by atoms with Crippen LogP contribution in [0.4, 0.5) is 5.69 Å². The number of ether oxygens (including phenoxy) is 2. The Morgan fingerprint density at radius 1 is 1.13 bits per heavy atom. The van der Waals surface area contributed by atoms with E-state index in [0.717, 1.165) is 22.9 Å². The number of hydrogen-bond donors (Lipinski definition) is 1. The van der Waals surface area contributed by atoms with Gasteiger partial charge in [0.05, 0.1) is 17.7 Å². The van der Waals surface area contributed by atoms with Crippen LogP contribution in [-0.4, -0.2) is 19.1 Å². The van der Waals surface area contributed by atoms with Crippen molar-refractivity contribution < 1.29 is 14.3 Å². The maximum absolute atomic E-state index is 12.6. The third kappa shape index (κ3) is 7.76. The molecule has 164 valence electrons. The normalized spacial score (nSPS) is 11.0. The molecule has 0 saturated carbocycles. The molecule has 0 atom stereocenters. The second-order valence-corrected chi connectivity index (χ2v) is 8.02. The summed E-state index contributed by atoms with van der Waals surface area (Å²) in [6, 6.07) is 13.0. The van der Waals surface area contributed by atoms with Gasteiger partial charge in [-0.25, -0.2) is 0 Å². The topological polar surface area (TPSA) is 71.3 Å². The van der Waals surface area contributed by atoms with Crippen LogP contribution in [0.2, 0.25) is 0 Å². The first-order valence-electron chi connectivity index (χ1n) is 10.6. The zero-order valence-electron chi connectivity index (χ0n) is 18.3. The quantitative estimate of drug-likeness (QED) is 0.220. The van der Waals surface area contributed by atoms with Gasteiger partial charge in [0, 0.05) is 5.69 Å². The highest BCUT2D eigenvalue weighted by Crippen LogP contribution is 2.37. The molecule has 0 spiro atoms. The summed E-state index contributed by atoms with van der Waals surface area (Å²) in [5.41, 5.74) is 2.40. The number of anilines is 1. The molecule has 0 radical (unpaired) electrons. The van der Waals surface area contributed by atoms with Crippen molar-refractivity contribution >= 4 is 33.6 Å². The van der Waals surface area contributed by atoms with Crippen LogP contribution >= 0.6 is 15.9 Å². The molecule has 2 rings (SSSR count). The molecule has 5 nitrogen and oxygen atoms in total. The van der Waals surface area contributed by atoms with Gasteiger partial charge in [0.15, 0.2) is 11.5 Å². The van der Waals surface area contributed by atoms with E-state index >= 15 is 0 Å². The summed E-state index contributed by atoms with van der Waals surface area (Å²) in [4.78, 5) is 12.6. The molecule has 0 unspecified atom stereocenters. The summed E-state index contributed by atoms with van der Waals surface area (Å²) in [5.74, 6) is 0.754. The largest absolute Gasteiger partial charge is 0.490 e. The highest BCUT2D eigenvalue weighted by molar-refractivity contribution is 9.10.